The average Bonchev–Trinajstić information content (AvgIpc) is 3.01. The van der Waals surface area contributed by atoms with E-state index >= 15 is 0 Å². The van der Waals surface area contributed by atoms with Crippen LogP contribution in [0.25, 0.3) is 16.3 Å². The second kappa shape index (κ2) is 6.41. The van der Waals surface area contributed by atoms with Gasteiger partial charge in [-0.15, -0.1) is 0 Å². The van der Waals surface area contributed by atoms with Crippen LogP contribution in [0.1, 0.15) is 24.8 Å². The minimum absolute atomic E-state index is 0.113. The molecule has 0 radical (unpaired) electrons. The van der Waals surface area contributed by atoms with E-state index in [2.05, 4.69) is 5.32 Å². The number of aliphatic hydroxyl groups is 2. The Labute approximate surface area is 160 Å². The Bertz CT molecular complexity index is 1000. The summed E-state index contributed by atoms with van der Waals surface area (Å²) in [5.74, 6) is -3.55. The van der Waals surface area contributed by atoms with E-state index in [-0.39, 0.29) is 12.5 Å². The summed E-state index contributed by atoms with van der Waals surface area (Å²) in [5.41, 5.74) is -2.75. The number of aliphatic carboxylic acids is 2. The lowest BCUT2D eigenvalue weighted by atomic mass is 9.72. The molecule has 1 saturated heterocycles. The van der Waals surface area contributed by atoms with Gasteiger partial charge in [0.1, 0.15) is 0 Å². The molecule has 2 heterocycles. The van der Waals surface area contributed by atoms with Gasteiger partial charge in [-0.2, -0.15) is 0 Å². The summed E-state index contributed by atoms with van der Waals surface area (Å²) in [5, 5.41) is 45.1. The lowest BCUT2D eigenvalue weighted by Gasteiger charge is -2.44. The molecule has 2 unspecified atom stereocenters. The second-order valence-corrected chi connectivity index (χ2v) is 7.60. The smallest absolute Gasteiger partial charge is 0.341 e. The molecule has 2 aliphatic rings. The van der Waals surface area contributed by atoms with E-state index in [4.69, 9.17) is 0 Å². The van der Waals surface area contributed by atoms with Gasteiger partial charge in [0.25, 0.3) is 0 Å². The number of fused-ring (bicyclic) bond motifs is 3. The highest BCUT2D eigenvalue weighted by Crippen LogP contribution is 2.45. The molecule has 2 aliphatic heterocycles. The largest absolute Gasteiger partial charge is 0.479 e. The number of aliphatic hydroxyl groups excluding tert-OH is 1. The molecular formula is C21H21NO6. The Morgan fingerprint density at radius 1 is 1.14 bits per heavy atom. The zero-order valence-corrected chi connectivity index (χ0v) is 15.0. The molecule has 2 bridgehead atoms. The van der Waals surface area contributed by atoms with Crippen LogP contribution >= 0.6 is 0 Å². The van der Waals surface area contributed by atoms with Gasteiger partial charge in [0.05, 0.1) is 5.54 Å². The normalized spacial score (nSPS) is 27.1. The molecule has 0 spiro atoms. The van der Waals surface area contributed by atoms with Crippen LogP contribution in [0.4, 0.5) is 0 Å². The summed E-state index contributed by atoms with van der Waals surface area (Å²) in [6.07, 6.45) is 0.528. The monoisotopic (exact) mass is 383 g/mol. The van der Waals surface area contributed by atoms with Crippen LogP contribution in [0.5, 0.6) is 0 Å². The minimum atomic E-state index is -2.89. The van der Waals surface area contributed by atoms with E-state index in [0.29, 0.717) is 12.8 Å². The first-order chi connectivity index (χ1) is 13.3. The maximum Gasteiger partial charge on any atom is 0.341 e. The molecule has 7 nitrogen and oxygen atoms in total. The highest BCUT2D eigenvalue weighted by Gasteiger charge is 2.65. The summed E-state index contributed by atoms with van der Waals surface area (Å²) in [4.78, 5) is 23.3. The highest BCUT2D eigenvalue weighted by atomic mass is 16.4. The first-order valence-corrected chi connectivity index (χ1v) is 9.12. The van der Waals surface area contributed by atoms with Crippen LogP contribution in [0, 0.1) is 0 Å². The molecule has 1 fully saturated rings. The lowest BCUT2D eigenvalue weighted by molar-refractivity contribution is -0.193. The molecular weight excluding hydrogens is 362 g/mol. The number of benzene rings is 2. The van der Waals surface area contributed by atoms with E-state index in [1.165, 1.54) is 0 Å². The van der Waals surface area contributed by atoms with Crippen LogP contribution in [-0.4, -0.2) is 55.7 Å². The molecule has 28 heavy (non-hydrogen) atoms. The lowest BCUT2D eigenvalue weighted by Crippen LogP contribution is -2.71. The summed E-state index contributed by atoms with van der Waals surface area (Å²) in [6, 6.07) is 13.6. The third-order valence-electron chi connectivity index (χ3n) is 5.99. The van der Waals surface area contributed by atoms with Crippen molar-refractivity contribution in [1.82, 2.24) is 5.32 Å². The predicted molar refractivity (Wildman–Crippen MR) is 102 cm³/mol. The Kier molecular flexibility index (Phi) is 4.26. The van der Waals surface area contributed by atoms with Gasteiger partial charge in [-0.1, -0.05) is 42.5 Å². The first kappa shape index (κ1) is 18.6. The summed E-state index contributed by atoms with van der Waals surface area (Å²) in [7, 11) is 0. The molecule has 0 saturated carbocycles. The molecule has 4 atom stereocenters. The molecule has 5 N–H and O–H groups in total. The number of carboxylic acids is 2. The summed E-state index contributed by atoms with van der Waals surface area (Å²) >= 11 is 0. The topological polar surface area (TPSA) is 127 Å². The van der Waals surface area contributed by atoms with Crippen molar-refractivity contribution in [2.45, 2.75) is 42.5 Å². The van der Waals surface area contributed by atoms with Crippen LogP contribution < -0.4 is 5.32 Å². The van der Waals surface area contributed by atoms with Crippen molar-refractivity contribution in [3.8, 4) is 0 Å². The van der Waals surface area contributed by atoms with Crippen molar-refractivity contribution >= 4 is 28.3 Å². The molecule has 7 heteroatoms. The zero-order valence-electron chi connectivity index (χ0n) is 15.0. The van der Waals surface area contributed by atoms with Crippen molar-refractivity contribution in [2.75, 3.05) is 0 Å². The van der Waals surface area contributed by atoms with Crippen molar-refractivity contribution < 1.29 is 30.0 Å². The molecule has 4 rings (SSSR count). The number of hydrogen-bond donors (Lipinski definition) is 5. The highest BCUT2D eigenvalue weighted by molar-refractivity contribution is 5.91. The molecule has 0 amide bonds. The number of rotatable bonds is 5. The quantitative estimate of drug-likeness (QED) is 0.528. The maximum absolute atomic E-state index is 11.9. The van der Waals surface area contributed by atoms with Crippen LogP contribution in [0.15, 0.2) is 48.5 Å². The van der Waals surface area contributed by atoms with Gasteiger partial charge < -0.3 is 25.7 Å². The van der Waals surface area contributed by atoms with Crippen molar-refractivity contribution in [2.24, 2.45) is 0 Å². The Morgan fingerprint density at radius 3 is 2.54 bits per heavy atom. The van der Waals surface area contributed by atoms with Gasteiger partial charge in [-0.05, 0) is 47.2 Å². The van der Waals surface area contributed by atoms with Gasteiger partial charge in [0.2, 0.25) is 5.60 Å². The Balaban J connectivity index is 1.84. The van der Waals surface area contributed by atoms with Gasteiger partial charge in [-0.3, -0.25) is 0 Å². The Hall–Kier alpha value is -2.74. The van der Waals surface area contributed by atoms with Crippen LogP contribution in [0.2, 0.25) is 0 Å². The van der Waals surface area contributed by atoms with E-state index in [1.54, 1.807) is 6.08 Å². The minimum Gasteiger partial charge on any atom is -0.479 e. The predicted octanol–water partition coefficient (Wildman–Crippen LogP) is 1.38. The second-order valence-electron chi connectivity index (χ2n) is 7.60. The van der Waals surface area contributed by atoms with E-state index in [0.717, 1.165) is 21.9 Å². The number of carbonyl (C=O) groups is 2. The SMILES string of the molecule is O=C(O)[C@H](O)[C@@](O)(C(=O)O)C12C=C(c3ccc4ccccc4c3)CC(CC1)N2. The van der Waals surface area contributed by atoms with Crippen molar-refractivity contribution in [1.29, 1.82) is 0 Å². The number of hydrogen-bond acceptors (Lipinski definition) is 5. The number of nitrogens with one attached hydrogen (secondary N) is 1. The van der Waals surface area contributed by atoms with E-state index < -0.39 is 29.2 Å². The maximum atomic E-state index is 11.9. The zero-order chi connectivity index (χ0) is 20.1. The van der Waals surface area contributed by atoms with Crippen molar-refractivity contribution in [3.63, 3.8) is 0 Å². The third-order valence-corrected chi connectivity index (χ3v) is 5.99. The fourth-order valence-corrected chi connectivity index (χ4v) is 4.53. The summed E-state index contributed by atoms with van der Waals surface area (Å²) < 4.78 is 0. The molecule has 0 aliphatic carbocycles. The van der Waals surface area contributed by atoms with Crippen molar-refractivity contribution in [3.05, 3.63) is 54.1 Å². The molecule has 0 aromatic heterocycles. The third kappa shape index (κ3) is 2.63. The fraction of sp³-hybridized carbons (Fsp3) is 0.333. The average molecular weight is 383 g/mol. The van der Waals surface area contributed by atoms with Crippen LogP contribution in [-0.2, 0) is 9.59 Å². The Morgan fingerprint density at radius 2 is 1.86 bits per heavy atom. The number of carboxylic acid groups (broad SMARTS) is 2. The fourth-order valence-electron chi connectivity index (χ4n) is 4.53. The molecule has 146 valence electrons. The van der Waals surface area contributed by atoms with Gasteiger partial charge in [-0.25, -0.2) is 9.59 Å². The first-order valence-electron chi connectivity index (χ1n) is 9.12. The molecule has 2 aromatic rings. The van der Waals surface area contributed by atoms with Gasteiger partial charge in [0.15, 0.2) is 6.10 Å². The molecule has 2 aromatic carbocycles. The van der Waals surface area contributed by atoms with Gasteiger partial charge in [0, 0.05) is 6.04 Å². The standard InChI is InChI=1S/C21H21NO6/c23-17(18(24)25)21(28,19(26)27)20-8-7-16(22-20)10-15(11-20)14-6-5-12-3-1-2-4-13(12)9-14/h1-6,9,11,16-17,22-23,28H,7-8,10H2,(H,24,25)(H,26,27)/t16?,17-,20?,21+/m0/s1. The van der Waals surface area contributed by atoms with E-state index in [9.17, 15) is 30.0 Å². The van der Waals surface area contributed by atoms with Gasteiger partial charge >= 0.3 is 11.9 Å². The summed E-state index contributed by atoms with van der Waals surface area (Å²) in [6.45, 7) is 0. The van der Waals surface area contributed by atoms with E-state index in [1.807, 2.05) is 42.5 Å². The van der Waals surface area contributed by atoms with Crippen LogP contribution in [0.3, 0.4) is 0 Å².